The van der Waals surface area contributed by atoms with E-state index in [9.17, 15) is 4.79 Å². The van der Waals surface area contributed by atoms with E-state index >= 15 is 0 Å². The van der Waals surface area contributed by atoms with E-state index in [-0.39, 0.29) is 4.64 Å². The third-order valence-electron chi connectivity index (χ3n) is 3.41. The van der Waals surface area contributed by atoms with Crippen molar-refractivity contribution in [2.75, 3.05) is 7.11 Å². The van der Waals surface area contributed by atoms with Crippen LogP contribution in [0.5, 0.6) is 0 Å². The number of aromatic nitrogens is 2. The highest BCUT2D eigenvalue weighted by Gasteiger charge is 2.16. The number of ether oxygens (including phenoxy) is 1. The summed E-state index contributed by atoms with van der Waals surface area (Å²) in [5, 5.41) is 0. The number of hydrogen-bond acceptors (Lipinski definition) is 4. The Labute approximate surface area is 129 Å². The van der Waals surface area contributed by atoms with Crippen molar-refractivity contribution >= 4 is 18.2 Å². The number of aromatic amines is 1. The summed E-state index contributed by atoms with van der Waals surface area (Å²) in [6.07, 6.45) is 0. The number of nitrogens with zero attached hydrogens (tertiary/aromatic N) is 1. The number of carbonyl (C=O) groups is 1. The highest BCUT2D eigenvalue weighted by atomic mass is 32.1. The fraction of sp³-hybridized carbons (Fsp3) is 0.312. The van der Waals surface area contributed by atoms with Crippen molar-refractivity contribution in [2.45, 2.75) is 27.7 Å². The summed E-state index contributed by atoms with van der Waals surface area (Å²) in [6, 6.07) is 4.20. The van der Waals surface area contributed by atoms with E-state index < -0.39 is 5.97 Å². The first-order valence-corrected chi connectivity index (χ1v) is 7.03. The Kier molecular flexibility index (Phi) is 4.23. The van der Waals surface area contributed by atoms with Crippen molar-refractivity contribution in [3.63, 3.8) is 0 Å². The van der Waals surface area contributed by atoms with Gasteiger partial charge in [0.15, 0.2) is 0 Å². The molecular weight excluding hydrogens is 284 g/mol. The van der Waals surface area contributed by atoms with Crippen molar-refractivity contribution in [1.82, 2.24) is 9.97 Å². The van der Waals surface area contributed by atoms with Crippen LogP contribution in [0.1, 0.15) is 32.7 Å². The molecule has 0 saturated carbocycles. The number of carbonyl (C=O) groups excluding carboxylic acids is 1. The van der Waals surface area contributed by atoms with Crippen LogP contribution >= 0.6 is 12.2 Å². The summed E-state index contributed by atoms with van der Waals surface area (Å²) in [6.45, 7) is 7.94. The van der Waals surface area contributed by atoms with E-state index in [4.69, 9.17) is 17.0 Å². The number of methoxy groups -OCH3 is 1. The second-order valence-corrected chi connectivity index (χ2v) is 5.54. The zero-order chi connectivity index (χ0) is 15.7. The van der Waals surface area contributed by atoms with Crippen LogP contribution < -0.4 is 0 Å². The molecule has 1 heterocycles. The highest BCUT2D eigenvalue weighted by Crippen LogP contribution is 2.26. The number of hydrogen-bond donors (Lipinski definition) is 1. The average Bonchev–Trinajstić information content (AvgIpc) is 2.36. The third kappa shape index (κ3) is 2.88. The van der Waals surface area contributed by atoms with Gasteiger partial charge in [-0.25, -0.2) is 9.78 Å². The molecule has 1 aromatic carbocycles. The summed E-state index contributed by atoms with van der Waals surface area (Å²) in [5.74, 6) is 0.213. The van der Waals surface area contributed by atoms with Crippen LogP contribution in [0, 0.1) is 32.3 Å². The Balaban J connectivity index is 2.69. The van der Waals surface area contributed by atoms with Gasteiger partial charge in [-0.1, -0.05) is 29.9 Å². The maximum atomic E-state index is 11.7. The molecule has 0 aliphatic carbocycles. The monoisotopic (exact) mass is 302 g/mol. The molecule has 4 nitrogen and oxygen atoms in total. The Bertz CT molecular complexity index is 755. The molecule has 0 atom stereocenters. The number of benzene rings is 1. The number of nitrogens with one attached hydrogen (secondary N) is 1. The van der Waals surface area contributed by atoms with Gasteiger partial charge in [0.1, 0.15) is 16.0 Å². The van der Waals surface area contributed by atoms with Gasteiger partial charge in [0.25, 0.3) is 0 Å². The quantitative estimate of drug-likeness (QED) is 0.676. The van der Waals surface area contributed by atoms with Gasteiger partial charge in [0.05, 0.1) is 7.11 Å². The normalized spacial score (nSPS) is 10.5. The van der Waals surface area contributed by atoms with Gasteiger partial charge < -0.3 is 9.72 Å². The molecule has 2 aromatic rings. The molecule has 1 N–H and O–H groups in total. The Morgan fingerprint density at radius 3 is 2.24 bits per heavy atom. The van der Waals surface area contributed by atoms with E-state index in [1.54, 1.807) is 6.92 Å². The minimum Gasteiger partial charge on any atom is -0.465 e. The van der Waals surface area contributed by atoms with Gasteiger partial charge in [0.2, 0.25) is 0 Å². The molecule has 0 bridgehead atoms. The van der Waals surface area contributed by atoms with Gasteiger partial charge in [-0.15, -0.1) is 0 Å². The SMILES string of the molecule is COC(=O)c1c(C)[nH]c(-c2c(C)cc(C)cc2C)nc1=S. The Hall–Kier alpha value is -2.01. The second-order valence-electron chi connectivity index (χ2n) is 5.16. The van der Waals surface area contributed by atoms with Crippen LogP contribution in [0.15, 0.2) is 12.1 Å². The minimum atomic E-state index is -0.467. The smallest absolute Gasteiger partial charge is 0.342 e. The first-order valence-electron chi connectivity index (χ1n) is 6.62. The van der Waals surface area contributed by atoms with Gasteiger partial charge in [-0.2, -0.15) is 0 Å². The highest BCUT2D eigenvalue weighted by molar-refractivity contribution is 7.71. The molecule has 110 valence electrons. The summed E-state index contributed by atoms with van der Waals surface area (Å²) in [5.41, 5.74) is 5.45. The maximum Gasteiger partial charge on any atom is 0.342 e. The molecule has 0 saturated heterocycles. The summed E-state index contributed by atoms with van der Waals surface area (Å²) >= 11 is 5.25. The van der Waals surface area contributed by atoms with E-state index in [1.807, 2.05) is 13.8 Å². The summed E-state index contributed by atoms with van der Waals surface area (Å²) in [7, 11) is 1.33. The first kappa shape index (κ1) is 15.4. The molecule has 0 unspecified atom stereocenters. The van der Waals surface area contributed by atoms with Crippen LogP contribution in [-0.2, 0) is 4.74 Å². The third-order valence-corrected chi connectivity index (χ3v) is 3.71. The van der Waals surface area contributed by atoms with Crippen LogP contribution in [0.25, 0.3) is 11.4 Å². The zero-order valence-electron chi connectivity index (χ0n) is 12.8. The molecule has 1 aromatic heterocycles. The first-order chi connectivity index (χ1) is 9.85. The van der Waals surface area contributed by atoms with Gasteiger partial charge in [0, 0.05) is 11.3 Å². The maximum absolute atomic E-state index is 11.7. The van der Waals surface area contributed by atoms with Crippen molar-refractivity contribution in [2.24, 2.45) is 0 Å². The number of H-pyrrole nitrogens is 1. The van der Waals surface area contributed by atoms with E-state index in [2.05, 4.69) is 29.0 Å². The van der Waals surface area contributed by atoms with E-state index in [0.29, 0.717) is 17.1 Å². The lowest BCUT2D eigenvalue weighted by molar-refractivity contribution is 0.0598. The Morgan fingerprint density at radius 1 is 1.19 bits per heavy atom. The molecule has 0 spiro atoms. The van der Waals surface area contributed by atoms with Crippen LogP contribution in [-0.4, -0.2) is 23.0 Å². The number of esters is 1. The molecule has 21 heavy (non-hydrogen) atoms. The fourth-order valence-corrected chi connectivity index (χ4v) is 2.93. The van der Waals surface area contributed by atoms with E-state index in [0.717, 1.165) is 16.7 Å². The molecule has 2 rings (SSSR count). The topological polar surface area (TPSA) is 55.0 Å². The summed E-state index contributed by atoms with van der Waals surface area (Å²) in [4.78, 5) is 19.3. The molecule has 5 heteroatoms. The fourth-order valence-electron chi connectivity index (χ4n) is 2.60. The standard InChI is InChI=1S/C16H18N2O2S/c1-8-6-9(2)12(10(3)7-8)14-17-11(4)13(15(21)18-14)16(19)20-5/h6-7H,1-5H3,(H,17,18,21). The molecule has 0 amide bonds. The van der Waals surface area contributed by atoms with Crippen LogP contribution in [0.2, 0.25) is 0 Å². The van der Waals surface area contributed by atoms with Crippen molar-refractivity contribution in [1.29, 1.82) is 0 Å². The van der Waals surface area contributed by atoms with Crippen LogP contribution in [0.4, 0.5) is 0 Å². The second kappa shape index (κ2) is 5.77. The van der Waals surface area contributed by atoms with Crippen molar-refractivity contribution in [3.05, 3.63) is 44.7 Å². The number of rotatable bonds is 2. The van der Waals surface area contributed by atoms with Gasteiger partial charge >= 0.3 is 5.97 Å². The van der Waals surface area contributed by atoms with Crippen molar-refractivity contribution in [3.8, 4) is 11.4 Å². The predicted octanol–water partition coefficient (Wildman–Crippen LogP) is 3.83. The molecule has 0 aliphatic heterocycles. The van der Waals surface area contributed by atoms with Crippen LogP contribution in [0.3, 0.4) is 0 Å². The Morgan fingerprint density at radius 2 is 1.76 bits per heavy atom. The minimum absolute atomic E-state index is 0.257. The van der Waals surface area contributed by atoms with E-state index in [1.165, 1.54) is 12.7 Å². The average molecular weight is 302 g/mol. The molecule has 0 fully saturated rings. The predicted molar refractivity (Wildman–Crippen MR) is 85.1 cm³/mol. The lowest BCUT2D eigenvalue weighted by Crippen LogP contribution is -2.09. The van der Waals surface area contributed by atoms with Gasteiger partial charge in [-0.05, 0) is 38.8 Å². The zero-order valence-corrected chi connectivity index (χ0v) is 13.6. The van der Waals surface area contributed by atoms with Gasteiger partial charge in [-0.3, -0.25) is 0 Å². The lowest BCUT2D eigenvalue weighted by Gasteiger charge is -2.13. The largest absolute Gasteiger partial charge is 0.465 e. The number of aryl methyl sites for hydroxylation is 4. The summed E-state index contributed by atoms with van der Waals surface area (Å²) < 4.78 is 5.00. The van der Waals surface area contributed by atoms with Crippen molar-refractivity contribution < 1.29 is 9.53 Å². The molecular formula is C16H18N2O2S. The lowest BCUT2D eigenvalue weighted by atomic mass is 9.99. The molecule has 0 radical (unpaired) electrons. The molecule has 0 aliphatic rings.